The minimum absolute atomic E-state index is 0.107. The zero-order chi connectivity index (χ0) is 17.1. The molecule has 6 heteroatoms. The summed E-state index contributed by atoms with van der Waals surface area (Å²) in [6.07, 6.45) is 2.57. The molecule has 1 atom stereocenters. The zero-order valence-corrected chi connectivity index (χ0v) is 15.3. The highest BCUT2D eigenvalue weighted by Gasteiger charge is 2.21. The van der Waals surface area contributed by atoms with E-state index >= 15 is 0 Å². The van der Waals surface area contributed by atoms with Gasteiger partial charge in [0.1, 0.15) is 5.58 Å². The lowest BCUT2D eigenvalue weighted by Gasteiger charge is -2.31. The number of halogens is 1. The van der Waals surface area contributed by atoms with Gasteiger partial charge in [-0.1, -0.05) is 22.9 Å². The van der Waals surface area contributed by atoms with Gasteiger partial charge in [-0.15, -0.1) is 0 Å². The Balaban J connectivity index is 1.52. The Morgan fingerprint density at radius 1 is 1.38 bits per heavy atom. The first kappa shape index (κ1) is 17.0. The molecule has 2 aromatic rings. The average Bonchev–Trinajstić information content (AvgIpc) is 2.97. The van der Waals surface area contributed by atoms with Crippen molar-refractivity contribution in [3.8, 4) is 0 Å². The number of hydrogen-bond acceptors (Lipinski definition) is 3. The van der Waals surface area contributed by atoms with Gasteiger partial charge in [-0.05, 0) is 43.0 Å². The zero-order valence-electron chi connectivity index (χ0n) is 13.7. The number of nitrogens with one attached hydrogen (secondary N) is 1. The fraction of sp³-hybridized carbons (Fsp3) is 0.444. The molecule has 0 spiro atoms. The molecule has 0 saturated carbocycles. The van der Waals surface area contributed by atoms with Crippen LogP contribution in [0.2, 0.25) is 0 Å². The number of likely N-dealkylation sites (tertiary alicyclic amines) is 1. The maximum atomic E-state index is 12.2. The van der Waals surface area contributed by atoms with Crippen LogP contribution in [0, 0.1) is 5.92 Å². The first-order valence-electron chi connectivity index (χ1n) is 8.28. The smallest absolute Gasteiger partial charge is 0.287 e. The van der Waals surface area contributed by atoms with Crippen molar-refractivity contribution in [2.24, 2.45) is 5.92 Å². The number of carbonyl (C=O) groups is 2. The van der Waals surface area contributed by atoms with Crippen molar-refractivity contribution in [2.45, 2.75) is 26.2 Å². The number of hydrogen-bond donors (Lipinski definition) is 1. The van der Waals surface area contributed by atoms with Gasteiger partial charge in [0.05, 0.1) is 0 Å². The first-order chi connectivity index (χ1) is 11.5. The number of benzene rings is 1. The van der Waals surface area contributed by atoms with Crippen LogP contribution in [0.3, 0.4) is 0 Å². The van der Waals surface area contributed by atoms with Gasteiger partial charge in [-0.3, -0.25) is 9.59 Å². The maximum Gasteiger partial charge on any atom is 0.287 e. The van der Waals surface area contributed by atoms with Gasteiger partial charge in [-0.2, -0.15) is 0 Å². The number of nitrogens with zero attached hydrogens (tertiary/aromatic N) is 1. The van der Waals surface area contributed by atoms with Crippen molar-refractivity contribution in [1.29, 1.82) is 0 Å². The van der Waals surface area contributed by atoms with Crippen molar-refractivity contribution < 1.29 is 14.0 Å². The summed E-state index contributed by atoms with van der Waals surface area (Å²) in [5.74, 6) is 0.645. The number of piperidine rings is 1. The van der Waals surface area contributed by atoms with Gasteiger partial charge >= 0.3 is 0 Å². The molecule has 2 heterocycles. The van der Waals surface area contributed by atoms with Crippen LogP contribution in [0.15, 0.2) is 33.2 Å². The predicted molar refractivity (Wildman–Crippen MR) is 95.8 cm³/mol. The predicted octanol–water partition coefficient (Wildman–Crippen LogP) is 3.57. The summed E-state index contributed by atoms with van der Waals surface area (Å²) in [5, 5.41) is 3.63. The molecule has 0 radical (unpaired) electrons. The Hall–Kier alpha value is -1.82. The SMILES string of the molecule is CC1CCCN(C(=O)CCNC(=O)c2cc3cc(Br)ccc3o2)C1. The molecular weight excluding hydrogens is 372 g/mol. The highest BCUT2D eigenvalue weighted by molar-refractivity contribution is 9.10. The van der Waals surface area contributed by atoms with E-state index in [0.717, 1.165) is 29.4 Å². The molecular formula is C18H21BrN2O3. The fourth-order valence-electron chi connectivity index (χ4n) is 3.07. The standard InChI is InChI=1S/C18H21BrN2O3/c1-12-3-2-8-21(11-12)17(22)6-7-20-18(23)16-10-13-9-14(19)4-5-15(13)24-16/h4-5,9-10,12H,2-3,6-8,11H2,1H3,(H,20,23). The summed E-state index contributed by atoms with van der Waals surface area (Å²) >= 11 is 3.39. The van der Waals surface area contributed by atoms with Crippen molar-refractivity contribution >= 4 is 38.7 Å². The quantitative estimate of drug-likeness (QED) is 0.864. The molecule has 1 aromatic heterocycles. The van der Waals surface area contributed by atoms with E-state index in [9.17, 15) is 9.59 Å². The highest BCUT2D eigenvalue weighted by Crippen LogP contribution is 2.23. The minimum atomic E-state index is -0.290. The fourth-order valence-corrected chi connectivity index (χ4v) is 3.45. The monoisotopic (exact) mass is 392 g/mol. The van der Waals surface area contributed by atoms with Crippen LogP contribution in [-0.4, -0.2) is 36.3 Å². The lowest BCUT2D eigenvalue weighted by atomic mass is 10.00. The number of carbonyl (C=O) groups excluding carboxylic acids is 2. The van der Waals surface area contributed by atoms with Gasteiger partial charge in [0.2, 0.25) is 5.91 Å². The lowest BCUT2D eigenvalue weighted by molar-refractivity contribution is -0.132. The summed E-state index contributed by atoms with van der Waals surface area (Å²) in [4.78, 5) is 26.3. The largest absolute Gasteiger partial charge is 0.451 e. The highest BCUT2D eigenvalue weighted by atomic mass is 79.9. The molecule has 1 unspecified atom stereocenters. The van der Waals surface area contributed by atoms with Gasteiger partial charge in [0.25, 0.3) is 5.91 Å². The van der Waals surface area contributed by atoms with Crippen molar-refractivity contribution in [2.75, 3.05) is 19.6 Å². The third kappa shape index (κ3) is 3.98. The molecule has 128 valence electrons. The van der Waals surface area contributed by atoms with E-state index in [0.29, 0.717) is 24.5 Å². The molecule has 1 fully saturated rings. The molecule has 2 amide bonds. The summed E-state index contributed by atoms with van der Waals surface area (Å²) in [5.41, 5.74) is 0.668. The molecule has 5 nitrogen and oxygen atoms in total. The molecule has 1 saturated heterocycles. The van der Waals surface area contributed by atoms with Crippen molar-refractivity contribution in [3.63, 3.8) is 0 Å². The third-order valence-corrected chi connectivity index (χ3v) is 4.83. The van der Waals surface area contributed by atoms with Crippen LogP contribution in [0.25, 0.3) is 11.0 Å². The van der Waals surface area contributed by atoms with Gasteiger partial charge in [0, 0.05) is 35.9 Å². The molecule has 0 aliphatic carbocycles. The van der Waals surface area contributed by atoms with Crippen LogP contribution in [0.4, 0.5) is 0 Å². The van der Waals surface area contributed by atoms with E-state index in [1.165, 1.54) is 6.42 Å². The van der Waals surface area contributed by atoms with Gasteiger partial charge < -0.3 is 14.6 Å². The topological polar surface area (TPSA) is 62.6 Å². The number of fused-ring (bicyclic) bond motifs is 1. The summed E-state index contributed by atoms with van der Waals surface area (Å²) in [6, 6.07) is 7.29. The minimum Gasteiger partial charge on any atom is -0.451 e. The van der Waals surface area contributed by atoms with Crippen LogP contribution < -0.4 is 5.32 Å². The second-order valence-electron chi connectivity index (χ2n) is 6.39. The Kier molecular flexibility index (Phi) is 5.23. The lowest BCUT2D eigenvalue weighted by Crippen LogP contribution is -2.40. The Morgan fingerprint density at radius 2 is 2.21 bits per heavy atom. The molecule has 0 bridgehead atoms. The maximum absolute atomic E-state index is 12.2. The van der Waals surface area contributed by atoms with Crippen LogP contribution in [-0.2, 0) is 4.79 Å². The first-order valence-corrected chi connectivity index (χ1v) is 9.07. The number of rotatable bonds is 4. The van der Waals surface area contributed by atoms with E-state index in [-0.39, 0.29) is 17.6 Å². The van der Waals surface area contributed by atoms with E-state index in [4.69, 9.17) is 4.42 Å². The van der Waals surface area contributed by atoms with Crippen LogP contribution in [0.1, 0.15) is 36.7 Å². The number of amides is 2. The molecule has 1 N–H and O–H groups in total. The second-order valence-corrected chi connectivity index (χ2v) is 7.30. The van der Waals surface area contributed by atoms with Gasteiger partial charge in [-0.25, -0.2) is 0 Å². The Morgan fingerprint density at radius 3 is 3.00 bits per heavy atom. The van der Waals surface area contributed by atoms with Gasteiger partial charge in [0.15, 0.2) is 5.76 Å². The van der Waals surface area contributed by atoms with E-state index in [1.807, 2.05) is 23.1 Å². The molecule has 1 aromatic carbocycles. The summed E-state index contributed by atoms with van der Waals surface area (Å²) in [7, 11) is 0. The third-order valence-electron chi connectivity index (χ3n) is 4.34. The second kappa shape index (κ2) is 7.38. The average molecular weight is 393 g/mol. The van der Waals surface area contributed by atoms with E-state index in [2.05, 4.69) is 28.2 Å². The molecule has 1 aliphatic heterocycles. The summed E-state index contributed by atoms with van der Waals surface area (Å²) < 4.78 is 6.48. The Labute approximate surface area is 149 Å². The van der Waals surface area contributed by atoms with E-state index < -0.39 is 0 Å². The molecule has 24 heavy (non-hydrogen) atoms. The van der Waals surface area contributed by atoms with E-state index in [1.54, 1.807) is 6.07 Å². The molecule has 3 rings (SSSR count). The summed E-state index contributed by atoms with van der Waals surface area (Å²) in [6.45, 7) is 4.14. The van der Waals surface area contributed by atoms with Crippen LogP contribution >= 0.6 is 15.9 Å². The van der Waals surface area contributed by atoms with Crippen molar-refractivity contribution in [3.05, 3.63) is 34.5 Å². The van der Waals surface area contributed by atoms with Crippen LogP contribution in [0.5, 0.6) is 0 Å². The molecule has 1 aliphatic rings. The number of furan rings is 1. The van der Waals surface area contributed by atoms with Crippen molar-refractivity contribution in [1.82, 2.24) is 10.2 Å². The Bertz CT molecular complexity index is 756. The normalized spacial score (nSPS) is 17.9.